The zero-order chi connectivity index (χ0) is 13.8. The molecule has 2 aromatic rings. The van der Waals surface area contributed by atoms with Gasteiger partial charge in [-0.25, -0.2) is 0 Å². The zero-order valence-corrected chi connectivity index (χ0v) is 11.5. The number of carbonyl (C=O) groups is 1. The second-order valence-electron chi connectivity index (χ2n) is 5.38. The molecule has 2 nitrogen and oxygen atoms in total. The number of benzene rings is 2. The Morgan fingerprint density at radius 1 is 0.800 bits per heavy atom. The maximum absolute atomic E-state index is 11.7. The minimum Gasteiger partial charge on any atom is -0.355 e. The van der Waals surface area contributed by atoms with Crippen LogP contribution in [-0.4, -0.2) is 12.5 Å². The molecule has 20 heavy (non-hydrogen) atoms. The molecule has 1 heterocycles. The Hall–Kier alpha value is -2.09. The molecule has 0 bridgehead atoms. The summed E-state index contributed by atoms with van der Waals surface area (Å²) in [5, 5.41) is 3.05. The summed E-state index contributed by atoms with van der Waals surface area (Å²) in [4.78, 5) is 11.7. The van der Waals surface area contributed by atoms with Crippen molar-refractivity contribution in [3.63, 3.8) is 0 Å². The predicted molar refractivity (Wildman–Crippen MR) is 80.6 cm³/mol. The highest BCUT2D eigenvalue weighted by atomic mass is 16.1. The van der Waals surface area contributed by atoms with E-state index in [2.05, 4.69) is 53.8 Å². The molecule has 1 aliphatic rings. The molecule has 0 aliphatic carbocycles. The van der Waals surface area contributed by atoms with Crippen molar-refractivity contribution in [3.8, 4) is 0 Å². The van der Waals surface area contributed by atoms with Crippen molar-refractivity contribution in [2.45, 2.75) is 24.7 Å². The molecule has 0 spiro atoms. The van der Waals surface area contributed by atoms with Crippen molar-refractivity contribution in [2.24, 2.45) is 0 Å². The van der Waals surface area contributed by atoms with E-state index in [-0.39, 0.29) is 5.91 Å². The van der Waals surface area contributed by atoms with E-state index >= 15 is 0 Å². The van der Waals surface area contributed by atoms with Crippen molar-refractivity contribution in [2.75, 3.05) is 6.54 Å². The van der Waals surface area contributed by atoms with Crippen LogP contribution >= 0.6 is 0 Å². The third-order valence-corrected chi connectivity index (χ3v) is 4.14. The molecule has 2 atom stereocenters. The van der Waals surface area contributed by atoms with Crippen molar-refractivity contribution < 1.29 is 4.79 Å². The average molecular weight is 265 g/mol. The van der Waals surface area contributed by atoms with Crippen molar-refractivity contribution in [1.29, 1.82) is 0 Å². The van der Waals surface area contributed by atoms with Gasteiger partial charge in [-0.2, -0.15) is 0 Å². The van der Waals surface area contributed by atoms with Gasteiger partial charge in [-0.05, 0) is 23.5 Å². The van der Waals surface area contributed by atoms with Gasteiger partial charge in [0.15, 0.2) is 0 Å². The molecule has 1 amide bonds. The number of rotatable bonds is 2. The highest BCUT2D eigenvalue weighted by Crippen LogP contribution is 2.37. The lowest BCUT2D eigenvalue weighted by Gasteiger charge is -2.25. The Kier molecular flexibility index (Phi) is 3.82. The fourth-order valence-corrected chi connectivity index (χ4v) is 3.09. The fraction of sp³-hybridized carbons (Fsp3) is 0.278. The van der Waals surface area contributed by atoms with Crippen LogP contribution < -0.4 is 5.32 Å². The van der Waals surface area contributed by atoms with E-state index < -0.39 is 0 Å². The molecule has 0 aromatic heterocycles. The Morgan fingerprint density at radius 3 is 1.95 bits per heavy atom. The standard InChI is InChI=1S/C18H19NO/c20-18-12-11-16(14-7-3-1-4-8-14)17(13-19-18)15-9-5-2-6-10-15/h1-10,16-17H,11-13H2,(H,19,20). The van der Waals surface area contributed by atoms with Crippen LogP contribution in [0, 0.1) is 0 Å². The summed E-state index contributed by atoms with van der Waals surface area (Å²) in [6.45, 7) is 0.725. The minimum absolute atomic E-state index is 0.171. The molecule has 1 N–H and O–H groups in total. The zero-order valence-electron chi connectivity index (χ0n) is 11.5. The van der Waals surface area contributed by atoms with Gasteiger partial charge in [0, 0.05) is 18.9 Å². The second-order valence-corrected chi connectivity index (χ2v) is 5.38. The van der Waals surface area contributed by atoms with Crippen LogP contribution in [0.4, 0.5) is 0 Å². The predicted octanol–water partition coefficient (Wildman–Crippen LogP) is 3.46. The molecule has 0 saturated carbocycles. The van der Waals surface area contributed by atoms with Gasteiger partial charge < -0.3 is 5.32 Å². The summed E-state index contributed by atoms with van der Waals surface area (Å²) in [5.41, 5.74) is 2.64. The first-order chi connectivity index (χ1) is 9.84. The van der Waals surface area contributed by atoms with Gasteiger partial charge in [0.25, 0.3) is 0 Å². The Morgan fingerprint density at radius 2 is 1.35 bits per heavy atom. The van der Waals surface area contributed by atoms with Gasteiger partial charge in [0.2, 0.25) is 5.91 Å². The summed E-state index contributed by atoms with van der Waals surface area (Å²) in [6.07, 6.45) is 1.53. The number of hydrogen-bond donors (Lipinski definition) is 1. The molecule has 2 aromatic carbocycles. The van der Waals surface area contributed by atoms with E-state index in [1.54, 1.807) is 0 Å². The van der Waals surface area contributed by atoms with Gasteiger partial charge in [-0.3, -0.25) is 4.79 Å². The van der Waals surface area contributed by atoms with Crippen molar-refractivity contribution >= 4 is 5.91 Å². The van der Waals surface area contributed by atoms with Crippen molar-refractivity contribution in [3.05, 3.63) is 71.8 Å². The maximum atomic E-state index is 11.7. The fourth-order valence-electron chi connectivity index (χ4n) is 3.09. The minimum atomic E-state index is 0.171. The van der Waals surface area contributed by atoms with Crippen LogP contribution in [-0.2, 0) is 4.79 Å². The van der Waals surface area contributed by atoms with E-state index in [4.69, 9.17) is 0 Å². The number of amides is 1. The highest BCUT2D eigenvalue weighted by molar-refractivity contribution is 5.76. The van der Waals surface area contributed by atoms with Crippen LogP contribution in [0.15, 0.2) is 60.7 Å². The molecular formula is C18H19NO. The van der Waals surface area contributed by atoms with Gasteiger partial charge >= 0.3 is 0 Å². The largest absolute Gasteiger partial charge is 0.355 e. The SMILES string of the molecule is O=C1CCC(c2ccccc2)C(c2ccccc2)CN1. The highest BCUT2D eigenvalue weighted by Gasteiger charge is 2.28. The molecular weight excluding hydrogens is 246 g/mol. The van der Waals surface area contributed by atoms with E-state index in [9.17, 15) is 4.79 Å². The average Bonchev–Trinajstić information content (AvgIpc) is 2.71. The summed E-state index contributed by atoms with van der Waals surface area (Å²) in [7, 11) is 0. The smallest absolute Gasteiger partial charge is 0.220 e. The first-order valence-corrected chi connectivity index (χ1v) is 7.21. The second kappa shape index (κ2) is 5.91. The topological polar surface area (TPSA) is 29.1 Å². The molecule has 2 unspecified atom stereocenters. The van der Waals surface area contributed by atoms with Crippen LogP contribution in [0.1, 0.15) is 35.8 Å². The molecule has 3 rings (SSSR count). The summed E-state index contributed by atoms with van der Waals surface area (Å²) in [5.74, 6) is 0.923. The first-order valence-electron chi connectivity index (χ1n) is 7.21. The van der Waals surface area contributed by atoms with Gasteiger partial charge in [-0.1, -0.05) is 60.7 Å². The maximum Gasteiger partial charge on any atom is 0.220 e. The monoisotopic (exact) mass is 265 g/mol. The Balaban J connectivity index is 1.96. The van der Waals surface area contributed by atoms with E-state index in [1.165, 1.54) is 11.1 Å². The van der Waals surface area contributed by atoms with Crippen LogP contribution in [0.3, 0.4) is 0 Å². The summed E-state index contributed by atoms with van der Waals surface area (Å²) in [6, 6.07) is 21.1. The number of nitrogens with one attached hydrogen (secondary N) is 1. The molecule has 1 fully saturated rings. The summed E-state index contributed by atoms with van der Waals surface area (Å²) >= 11 is 0. The van der Waals surface area contributed by atoms with Crippen LogP contribution in [0.25, 0.3) is 0 Å². The summed E-state index contributed by atoms with van der Waals surface area (Å²) < 4.78 is 0. The van der Waals surface area contributed by atoms with Gasteiger partial charge in [0.1, 0.15) is 0 Å². The van der Waals surface area contributed by atoms with Crippen LogP contribution in [0.2, 0.25) is 0 Å². The molecule has 102 valence electrons. The lowest BCUT2D eigenvalue weighted by molar-refractivity contribution is -0.120. The van der Waals surface area contributed by atoms with Gasteiger partial charge in [-0.15, -0.1) is 0 Å². The Bertz CT molecular complexity index is 513. The quantitative estimate of drug-likeness (QED) is 0.885. The first kappa shape index (κ1) is 12.9. The third-order valence-electron chi connectivity index (χ3n) is 4.14. The number of carbonyl (C=O) groups excluding carboxylic acids is 1. The van der Waals surface area contributed by atoms with Crippen molar-refractivity contribution in [1.82, 2.24) is 5.32 Å². The Labute approximate surface area is 119 Å². The molecule has 1 aliphatic heterocycles. The van der Waals surface area contributed by atoms with E-state index in [1.807, 2.05) is 12.1 Å². The number of hydrogen-bond acceptors (Lipinski definition) is 1. The van der Waals surface area contributed by atoms with Crippen LogP contribution in [0.5, 0.6) is 0 Å². The normalized spacial score (nSPS) is 22.9. The van der Waals surface area contributed by atoms with E-state index in [0.29, 0.717) is 18.3 Å². The lowest BCUT2D eigenvalue weighted by atomic mass is 9.79. The molecule has 1 saturated heterocycles. The molecule has 2 heteroatoms. The third kappa shape index (κ3) is 2.74. The molecule has 0 radical (unpaired) electrons. The lowest BCUT2D eigenvalue weighted by Crippen LogP contribution is -2.26. The van der Waals surface area contributed by atoms with Gasteiger partial charge in [0.05, 0.1) is 0 Å². The van der Waals surface area contributed by atoms with E-state index in [0.717, 1.165) is 13.0 Å².